The predicted molar refractivity (Wildman–Crippen MR) is 76.0 cm³/mol. The molecule has 0 aliphatic heterocycles. The summed E-state index contributed by atoms with van der Waals surface area (Å²) in [6, 6.07) is 7.35. The minimum Gasteiger partial charge on any atom is -0.399 e. The van der Waals surface area contributed by atoms with E-state index in [0.717, 1.165) is 16.8 Å². The third kappa shape index (κ3) is 2.76. The highest BCUT2D eigenvalue weighted by Gasteiger charge is 2.17. The van der Waals surface area contributed by atoms with Gasteiger partial charge in [-0.2, -0.15) is 5.10 Å². The van der Waals surface area contributed by atoms with Crippen molar-refractivity contribution in [2.45, 2.75) is 26.7 Å². The molecule has 1 atom stereocenters. The van der Waals surface area contributed by atoms with E-state index in [1.807, 2.05) is 39.0 Å². The molecule has 0 fully saturated rings. The summed E-state index contributed by atoms with van der Waals surface area (Å²) in [7, 11) is 0. The number of hydrogen-bond acceptors (Lipinski definition) is 3. The first-order valence-electron chi connectivity index (χ1n) is 6.17. The Morgan fingerprint density at radius 3 is 2.74 bits per heavy atom. The number of nitrogen functional groups attached to an aromatic ring is 1. The maximum Gasteiger partial charge on any atom is 0.232 e. The SMILES string of the molecule is Cc1[nH]nc(NC(=O)C(C)c2cccc(N)c2)c1C. The minimum atomic E-state index is -0.278. The normalized spacial score (nSPS) is 12.2. The second kappa shape index (κ2) is 5.14. The number of benzene rings is 1. The van der Waals surface area contributed by atoms with Crippen LogP contribution < -0.4 is 11.1 Å². The summed E-state index contributed by atoms with van der Waals surface area (Å²) >= 11 is 0. The van der Waals surface area contributed by atoms with Crippen LogP contribution >= 0.6 is 0 Å². The van der Waals surface area contributed by atoms with Crippen molar-refractivity contribution in [3.05, 3.63) is 41.1 Å². The van der Waals surface area contributed by atoms with Gasteiger partial charge in [-0.15, -0.1) is 0 Å². The molecule has 0 saturated heterocycles. The summed E-state index contributed by atoms with van der Waals surface area (Å²) in [6.45, 7) is 5.68. The maximum absolute atomic E-state index is 12.2. The van der Waals surface area contributed by atoms with Crippen molar-refractivity contribution in [1.82, 2.24) is 10.2 Å². The van der Waals surface area contributed by atoms with Crippen molar-refractivity contribution in [2.24, 2.45) is 0 Å². The molecule has 0 bridgehead atoms. The van der Waals surface area contributed by atoms with Gasteiger partial charge in [0.1, 0.15) is 0 Å². The van der Waals surface area contributed by atoms with Gasteiger partial charge in [-0.25, -0.2) is 0 Å². The van der Waals surface area contributed by atoms with Crippen LogP contribution in [0.5, 0.6) is 0 Å². The summed E-state index contributed by atoms with van der Waals surface area (Å²) in [6.07, 6.45) is 0. The fourth-order valence-electron chi connectivity index (χ4n) is 1.81. The van der Waals surface area contributed by atoms with Crippen LogP contribution in [-0.2, 0) is 4.79 Å². The number of carbonyl (C=O) groups is 1. The second-order valence-corrected chi connectivity index (χ2v) is 4.70. The van der Waals surface area contributed by atoms with E-state index in [1.165, 1.54) is 0 Å². The molecule has 0 radical (unpaired) electrons. The number of carbonyl (C=O) groups excluding carboxylic acids is 1. The lowest BCUT2D eigenvalue weighted by Crippen LogP contribution is -2.19. The summed E-state index contributed by atoms with van der Waals surface area (Å²) in [5.41, 5.74) is 9.18. The first-order valence-corrected chi connectivity index (χ1v) is 6.17. The van der Waals surface area contributed by atoms with Crippen LogP contribution in [0.2, 0.25) is 0 Å². The largest absolute Gasteiger partial charge is 0.399 e. The van der Waals surface area contributed by atoms with Gasteiger partial charge in [0.25, 0.3) is 0 Å². The first-order chi connectivity index (χ1) is 8.99. The van der Waals surface area contributed by atoms with E-state index in [9.17, 15) is 4.79 Å². The number of nitrogens with two attached hydrogens (primary N) is 1. The third-order valence-corrected chi connectivity index (χ3v) is 3.30. The molecule has 19 heavy (non-hydrogen) atoms. The lowest BCUT2D eigenvalue weighted by molar-refractivity contribution is -0.117. The molecule has 1 heterocycles. The van der Waals surface area contributed by atoms with E-state index >= 15 is 0 Å². The molecule has 1 amide bonds. The van der Waals surface area contributed by atoms with E-state index in [4.69, 9.17) is 5.73 Å². The molecule has 5 heteroatoms. The third-order valence-electron chi connectivity index (χ3n) is 3.30. The first kappa shape index (κ1) is 13.1. The molecule has 2 aromatic rings. The van der Waals surface area contributed by atoms with Gasteiger partial charge >= 0.3 is 0 Å². The van der Waals surface area contributed by atoms with Gasteiger partial charge in [0.05, 0.1) is 5.92 Å². The molecule has 100 valence electrons. The quantitative estimate of drug-likeness (QED) is 0.739. The lowest BCUT2D eigenvalue weighted by atomic mass is 10.00. The summed E-state index contributed by atoms with van der Waals surface area (Å²) in [4.78, 5) is 12.2. The van der Waals surface area contributed by atoms with Crippen molar-refractivity contribution in [2.75, 3.05) is 11.1 Å². The zero-order valence-electron chi connectivity index (χ0n) is 11.3. The van der Waals surface area contributed by atoms with E-state index in [1.54, 1.807) is 6.07 Å². The van der Waals surface area contributed by atoms with Crippen LogP contribution in [0.3, 0.4) is 0 Å². The van der Waals surface area contributed by atoms with Gasteiger partial charge in [-0.1, -0.05) is 12.1 Å². The van der Waals surface area contributed by atoms with Gasteiger partial charge < -0.3 is 11.1 Å². The van der Waals surface area contributed by atoms with Gasteiger partial charge in [0.15, 0.2) is 5.82 Å². The van der Waals surface area contributed by atoms with Crippen molar-refractivity contribution >= 4 is 17.4 Å². The Balaban J connectivity index is 2.14. The van der Waals surface area contributed by atoms with Crippen molar-refractivity contribution in [3.63, 3.8) is 0 Å². The molecule has 5 nitrogen and oxygen atoms in total. The predicted octanol–water partition coefficient (Wildman–Crippen LogP) is 2.35. The number of nitrogens with one attached hydrogen (secondary N) is 2. The topological polar surface area (TPSA) is 83.8 Å². The summed E-state index contributed by atoms with van der Waals surface area (Å²) < 4.78 is 0. The summed E-state index contributed by atoms with van der Waals surface area (Å²) in [5, 5.41) is 9.74. The minimum absolute atomic E-state index is 0.0970. The number of hydrogen-bond donors (Lipinski definition) is 3. The van der Waals surface area contributed by atoms with Crippen molar-refractivity contribution in [3.8, 4) is 0 Å². The Bertz CT molecular complexity index is 603. The van der Waals surface area contributed by atoms with Gasteiger partial charge in [0.2, 0.25) is 5.91 Å². The number of amides is 1. The number of H-pyrrole nitrogens is 1. The average Bonchev–Trinajstić information content (AvgIpc) is 2.70. The second-order valence-electron chi connectivity index (χ2n) is 4.70. The Morgan fingerprint density at radius 1 is 1.42 bits per heavy atom. The number of aromatic amines is 1. The molecule has 2 rings (SSSR count). The highest BCUT2D eigenvalue weighted by Crippen LogP contribution is 2.21. The van der Waals surface area contributed by atoms with E-state index in [-0.39, 0.29) is 11.8 Å². The fraction of sp³-hybridized carbons (Fsp3) is 0.286. The van der Waals surface area contributed by atoms with Gasteiger partial charge in [-0.3, -0.25) is 9.89 Å². The molecule has 4 N–H and O–H groups in total. The molecule has 1 aromatic heterocycles. The highest BCUT2D eigenvalue weighted by atomic mass is 16.1. The van der Waals surface area contributed by atoms with E-state index < -0.39 is 0 Å². The molecule has 0 saturated carbocycles. The highest BCUT2D eigenvalue weighted by molar-refractivity contribution is 5.95. The molecular weight excluding hydrogens is 240 g/mol. The fourth-order valence-corrected chi connectivity index (χ4v) is 1.81. The van der Waals surface area contributed by atoms with Crippen LogP contribution in [0, 0.1) is 13.8 Å². The smallest absolute Gasteiger partial charge is 0.232 e. The number of aryl methyl sites for hydroxylation is 1. The monoisotopic (exact) mass is 258 g/mol. The summed E-state index contributed by atoms with van der Waals surface area (Å²) in [5.74, 6) is 0.207. The van der Waals surface area contributed by atoms with Crippen LogP contribution in [0.25, 0.3) is 0 Å². The lowest BCUT2D eigenvalue weighted by Gasteiger charge is -2.12. The molecular formula is C14H18N4O. The Labute approximate surface area is 112 Å². The standard InChI is InChI=1S/C14H18N4O/c1-8-10(3)17-18-13(8)16-14(19)9(2)11-5-4-6-12(15)7-11/h4-7,9H,15H2,1-3H3,(H2,16,17,18,19). The molecule has 1 aromatic carbocycles. The van der Waals surface area contributed by atoms with Crippen molar-refractivity contribution < 1.29 is 4.79 Å². The van der Waals surface area contributed by atoms with Crippen LogP contribution in [0.15, 0.2) is 24.3 Å². The number of aromatic nitrogens is 2. The molecule has 1 unspecified atom stereocenters. The van der Waals surface area contributed by atoms with Crippen LogP contribution in [0.4, 0.5) is 11.5 Å². The molecule has 0 aliphatic carbocycles. The van der Waals surface area contributed by atoms with Crippen LogP contribution in [0.1, 0.15) is 29.7 Å². The molecule has 0 aliphatic rings. The number of anilines is 2. The Kier molecular flexibility index (Phi) is 3.55. The molecule has 0 spiro atoms. The maximum atomic E-state index is 12.2. The van der Waals surface area contributed by atoms with E-state index in [0.29, 0.717) is 11.5 Å². The Morgan fingerprint density at radius 2 is 2.16 bits per heavy atom. The van der Waals surface area contributed by atoms with Gasteiger partial charge in [-0.05, 0) is 38.5 Å². The number of rotatable bonds is 3. The van der Waals surface area contributed by atoms with Crippen molar-refractivity contribution in [1.29, 1.82) is 0 Å². The zero-order chi connectivity index (χ0) is 14.0. The zero-order valence-corrected chi connectivity index (χ0v) is 11.3. The average molecular weight is 258 g/mol. The van der Waals surface area contributed by atoms with Gasteiger partial charge in [0, 0.05) is 16.9 Å². The van der Waals surface area contributed by atoms with E-state index in [2.05, 4.69) is 15.5 Å². The number of nitrogens with zero attached hydrogens (tertiary/aromatic N) is 1. The van der Waals surface area contributed by atoms with Crippen LogP contribution in [-0.4, -0.2) is 16.1 Å². The Hall–Kier alpha value is -2.30.